The molecule has 7 heteroatoms. The van der Waals surface area contributed by atoms with E-state index >= 15 is 0 Å². The first-order chi connectivity index (χ1) is 8.95. The van der Waals surface area contributed by atoms with E-state index in [4.69, 9.17) is 4.42 Å². The fourth-order valence-electron chi connectivity index (χ4n) is 1.86. The molecular formula is C12H11N3O3S. The van der Waals surface area contributed by atoms with Gasteiger partial charge >= 0.3 is 0 Å². The number of fused-ring (bicyclic) bond motifs is 1. The Labute approximate surface area is 109 Å². The maximum absolute atomic E-state index is 11.5. The molecule has 6 nitrogen and oxygen atoms in total. The number of nitrogens with one attached hydrogen (secondary N) is 1. The van der Waals surface area contributed by atoms with Crippen molar-refractivity contribution in [2.24, 2.45) is 0 Å². The van der Waals surface area contributed by atoms with E-state index < -0.39 is 9.84 Å². The van der Waals surface area contributed by atoms with Gasteiger partial charge in [0.25, 0.3) is 0 Å². The third-order valence-electron chi connectivity index (χ3n) is 2.84. The molecule has 3 aromatic rings. The first kappa shape index (κ1) is 11.9. The van der Waals surface area contributed by atoms with E-state index in [2.05, 4.69) is 15.0 Å². The minimum atomic E-state index is -3.23. The summed E-state index contributed by atoms with van der Waals surface area (Å²) in [4.78, 5) is 11.6. The third kappa shape index (κ3) is 2.01. The van der Waals surface area contributed by atoms with Crippen molar-refractivity contribution in [2.75, 3.05) is 6.26 Å². The Morgan fingerprint density at radius 1 is 1.32 bits per heavy atom. The quantitative estimate of drug-likeness (QED) is 0.773. The molecule has 0 aliphatic carbocycles. The number of H-pyrrole nitrogens is 1. The van der Waals surface area contributed by atoms with Crippen molar-refractivity contribution in [3.05, 3.63) is 30.3 Å². The van der Waals surface area contributed by atoms with Gasteiger partial charge in [0.05, 0.1) is 21.6 Å². The zero-order valence-electron chi connectivity index (χ0n) is 10.3. The zero-order chi connectivity index (χ0) is 13.6. The Kier molecular flexibility index (Phi) is 2.46. The van der Waals surface area contributed by atoms with E-state index in [-0.39, 0.29) is 4.90 Å². The lowest BCUT2D eigenvalue weighted by atomic mass is 10.3. The van der Waals surface area contributed by atoms with Crippen LogP contribution in [-0.4, -0.2) is 29.6 Å². The van der Waals surface area contributed by atoms with Crippen LogP contribution >= 0.6 is 0 Å². The van der Waals surface area contributed by atoms with Crippen molar-refractivity contribution in [1.29, 1.82) is 0 Å². The van der Waals surface area contributed by atoms with E-state index in [9.17, 15) is 8.42 Å². The number of imidazole rings is 1. The van der Waals surface area contributed by atoms with E-state index in [1.165, 1.54) is 18.7 Å². The van der Waals surface area contributed by atoms with Crippen LogP contribution in [0.3, 0.4) is 0 Å². The predicted molar refractivity (Wildman–Crippen MR) is 69.4 cm³/mol. The molecule has 0 bridgehead atoms. The molecule has 1 aromatic carbocycles. The molecule has 0 fully saturated rings. The van der Waals surface area contributed by atoms with Crippen molar-refractivity contribution in [2.45, 2.75) is 11.8 Å². The second-order valence-electron chi connectivity index (χ2n) is 4.30. The molecule has 98 valence electrons. The standard InChI is InChI=1S/C12H11N3O3S/c1-7-11(18-6-13-7)12-14-9-4-3-8(19(2,16)17)5-10(9)15-12/h3-6H,1-2H3,(H,14,15). The van der Waals surface area contributed by atoms with Crippen LogP contribution in [-0.2, 0) is 9.84 Å². The summed E-state index contributed by atoms with van der Waals surface area (Å²) in [6.07, 6.45) is 2.52. The Bertz CT molecular complexity index is 861. The van der Waals surface area contributed by atoms with Gasteiger partial charge < -0.3 is 9.40 Å². The summed E-state index contributed by atoms with van der Waals surface area (Å²) < 4.78 is 28.3. The van der Waals surface area contributed by atoms with Gasteiger partial charge in [-0.25, -0.2) is 18.4 Å². The molecular weight excluding hydrogens is 266 g/mol. The van der Waals surface area contributed by atoms with Crippen molar-refractivity contribution >= 4 is 20.9 Å². The molecule has 0 atom stereocenters. The van der Waals surface area contributed by atoms with Crippen LogP contribution in [0.1, 0.15) is 5.69 Å². The van der Waals surface area contributed by atoms with Crippen molar-refractivity contribution in [1.82, 2.24) is 15.0 Å². The van der Waals surface area contributed by atoms with Gasteiger partial charge in [0.15, 0.2) is 27.8 Å². The number of aryl methyl sites for hydroxylation is 1. The number of hydrogen-bond acceptors (Lipinski definition) is 5. The molecule has 0 spiro atoms. The number of aromatic nitrogens is 3. The first-order valence-electron chi connectivity index (χ1n) is 5.55. The van der Waals surface area contributed by atoms with Crippen LogP contribution < -0.4 is 0 Å². The number of benzene rings is 1. The van der Waals surface area contributed by atoms with Crippen LogP contribution in [0, 0.1) is 6.92 Å². The van der Waals surface area contributed by atoms with Gasteiger partial charge in [-0.1, -0.05) is 0 Å². The average Bonchev–Trinajstić information content (AvgIpc) is 2.91. The highest BCUT2D eigenvalue weighted by molar-refractivity contribution is 7.90. The highest BCUT2D eigenvalue weighted by atomic mass is 32.2. The summed E-state index contributed by atoms with van der Waals surface area (Å²) in [6.45, 7) is 1.81. The Morgan fingerprint density at radius 2 is 2.11 bits per heavy atom. The number of nitrogens with zero attached hydrogens (tertiary/aromatic N) is 2. The first-order valence-corrected chi connectivity index (χ1v) is 7.44. The SMILES string of the molecule is Cc1ncoc1-c1nc2ccc(S(C)(=O)=O)cc2[nH]1. The molecule has 3 rings (SSSR count). The Morgan fingerprint density at radius 3 is 2.74 bits per heavy atom. The minimum absolute atomic E-state index is 0.254. The second-order valence-corrected chi connectivity index (χ2v) is 6.32. The average molecular weight is 277 g/mol. The summed E-state index contributed by atoms with van der Waals surface area (Å²) >= 11 is 0. The molecule has 2 heterocycles. The number of rotatable bonds is 2. The number of sulfone groups is 1. The molecule has 0 amide bonds. The van der Waals surface area contributed by atoms with Gasteiger partial charge in [0.1, 0.15) is 0 Å². The highest BCUT2D eigenvalue weighted by Gasteiger charge is 2.14. The van der Waals surface area contributed by atoms with Crippen LogP contribution in [0.2, 0.25) is 0 Å². The Hall–Kier alpha value is -2.15. The number of aromatic amines is 1. The van der Waals surface area contributed by atoms with Crippen molar-refractivity contribution in [3.8, 4) is 11.6 Å². The summed E-state index contributed by atoms with van der Waals surface area (Å²) in [6, 6.07) is 4.76. The lowest BCUT2D eigenvalue weighted by molar-refractivity contribution is 0.567. The molecule has 19 heavy (non-hydrogen) atoms. The van der Waals surface area contributed by atoms with E-state index in [0.717, 1.165) is 5.69 Å². The summed E-state index contributed by atoms with van der Waals surface area (Å²) in [5, 5.41) is 0. The summed E-state index contributed by atoms with van der Waals surface area (Å²) in [5.41, 5.74) is 2.05. The molecule has 0 aliphatic rings. The van der Waals surface area contributed by atoms with Gasteiger partial charge in [-0.15, -0.1) is 0 Å². The summed E-state index contributed by atoms with van der Waals surface area (Å²) in [7, 11) is -3.23. The van der Waals surface area contributed by atoms with Crippen molar-refractivity contribution < 1.29 is 12.8 Å². The smallest absolute Gasteiger partial charge is 0.192 e. The zero-order valence-corrected chi connectivity index (χ0v) is 11.2. The molecule has 1 N–H and O–H groups in total. The molecule has 0 saturated heterocycles. The largest absolute Gasteiger partial charge is 0.440 e. The maximum Gasteiger partial charge on any atom is 0.192 e. The van der Waals surface area contributed by atoms with E-state index in [1.54, 1.807) is 12.1 Å². The van der Waals surface area contributed by atoms with E-state index in [0.29, 0.717) is 22.6 Å². The molecule has 0 saturated carbocycles. The van der Waals surface area contributed by atoms with E-state index in [1.807, 2.05) is 6.92 Å². The fourth-order valence-corrected chi connectivity index (χ4v) is 2.50. The molecule has 0 aliphatic heterocycles. The molecule has 0 unspecified atom stereocenters. The Balaban J connectivity index is 2.19. The monoisotopic (exact) mass is 277 g/mol. The van der Waals surface area contributed by atoms with Crippen LogP contribution in [0.15, 0.2) is 33.9 Å². The minimum Gasteiger partial charge on any atom is -0.440 e. The van der Waals surface area contributed by atoms with Gasteiger partial charge in [-0.3, -0.25) is 0 Å². The highest BCUT2D eigenvalue weighted by Crippen LogP contribution is 2.24. The van der Waals surface area contributed by atoms with Gasteiger partial charge in [-0.05, 0) is 25.1 Å². The lowest BCUT2D eigenvalue weighted by Gasteiger charge is -1.96. The van der Waals surface area contributed by atoms with Crippen LogP contribution in [0.4, 0.5) is 0 Å². The summed E-state index contributed by atoms with van der Waals surface area (Å²) in [5.74, 6) is 1.09. The van der Waals surface area contributed by atoms with Crippen LogP contribution in [0.25, 0.3) is 22.6 Å². The number of oxazole rings is 1. The van der Waals surface area contributed by atoms with Crippen molar-refractivity contribution in [3.63, 3.8) is 0 Å². The van der Waals surface area contributed by atoms with Gasteiger partial charge in [0, 0.05) is 6.26 Å². The fraction of sp³-hybridized carbons (Fsp3) is 0.167. The van der Waals surface area contributed by atoms with Gasteiger partial charge in [-0.2, -0.15) is 0 Å². The van der Waals surface area contributed by atoms with Gasteiger partial charge in [0.2, 0.25) is 0 Å². The third-order valence-corrected chi connectivity index (χ3v) is 3.95. The lowest BCUT2D eigenvalue weighted by Crippen LogP contribution is -1.96. The second kappa shape index (κ2) is 3.92. The maximum atomic E-state index is 11.5. The predicted octanol–water partition coefficient (Wildman–Crippen LogP) is 1.93. The van der Waals surface area contributed by atoms with Crippen LogP contribution in [0.5, 0.6) is 0 Å². The topological polar surface area (TPSA) is 88.8 Å². The number of hydrogen-bond donors (Lipinski definition) is 1. The molecule has 2 aromatic heterocycles. The molecule has 0 radical (unpaired) electrons. The normalized spacial score (nSPS) is 12.1.